The van der Waals surface area contributed by atoms with Gasteiger partial charge in [0.05, 0.1) is 11.7 Å². The van der Waals surface area contributed by atoms with Crippen LogP contribution in [0.25, 0.3) is 0 Å². The maximum Gasteiger partial charge on any atom is 0.471 e. The van der Waals surface area contributed by atoms with Gasteiger partial charge in [-0.1, -0.05) is 12.1 Å². The Morgan fingerprint density at radius 3 is 2.84 bits per heavy atom. The third-order valence-corrected chi connectivity index (χ3v) is 2.77. The van der Waals surface area contributed by atoms with Crippen molar-refractivity contribution in [3.8, 4) is 5.75 Å². The molecule has 0 aromatic heterocycles. The van der Waals surface area contributed by atoms with E-state index in [1.807, 2.05) is 0 Å². The Hall–Kier alpha value is -1.92. The second-order valence-electron chi connectivity index (χ2n) is 4.33. The highest BCUT2D eigenvalue weighted by Crippen LogP contribution is 2.28. The van der Waals surface area contributed by atoms with Gasteiger partial charge in [-0.3, -0.25) is 4.79 Å². The lowest BCUT2D eigenvalue weighted by Crippen LogP contribution is -2.46. The molecule has 0 fully saturated rings. The summed E-state index contributed by atoms with van der Waals surface area (Å²) >= 11 is 0. The van der Waals surface area contributed by atoms with E-state index in [0.29, 0.717) is 16.3 Å². The topological polar surface area (TPSA) is 41.6 Å². The van der Waals surface area contributed by atoms with Crippen LogP contribution in [-0.2, 0) is 4.79 Å². The maximum absolute atomic E-state index is 12.2. The number of carbonyl (C=O) groups is 1. The molecule has 1 aliphatic heterocycles. The lowest BCUT2D eigenvalue weighted by molar-refractivity contribution is -0.184. The summed E-state index contributed by atoms with van der Waals surface area (Å²) in [7, 11) is 1.12. The second-order valence-corrected chi connectivity index (χ2v) is 4.33. The number of ether oxygens (including phenoxy) is 1. The summed E-state index contributed by atoms with van der Waals surface area (Å²) in [5.74, 6) is -1.20. The predicted molar refractivity (Wildman–Crippen MR) is 63.0 cm³/mol. The van der Waals surface area contributed by atoms with E-state index >= 15 is 0 Å². The van der Waals surface area contributed by atoms with Crippen molar-refractivity contribution in [3.63, 3.8) is 0 Å². The monoisotopic (exact) mass is 274 g/mol. The van der Waals surface area contributed by atoms with Crippen LogP contribution in [0.4, 0.5) is 18.9 Å². The fourth-order valence-electron chi connectivity index (χ4n) is 1.89. The molecular weight excluding hydrogens is 261 g/mol. The van der Waals surface area contributed by atoms with Crippen molar-refractivity contribution in [2.45, 2.75) is 12.2 Å². The number of hydrogen-bond donors (Lipinski definition) is 1. The number of nitrogens with zero attached hydrogens (tertiary/aromatic N) is 1. The number of benzene rings is 1. The van der Waals surface area contributed by atoms with Crippen LogP contribution >= 0.6 is 0 Å². The maximum atomic E-state index is 12.2. The standard InChI is InChI=1S/C12H13F3N2O2/c1-17(11(18)12(13,14)15)6-8-7-19-10-5-3-2-4-9(10)16-8/h2-5,8,16H,6-7H2,1H3. The first-order valence-corrected chi connectivity index (χ1v) is 5.68. The van der Waals surface area contributed by atoms with Crippen molar-refractivity contribution in [2.75, 3.05) is 25.5 Å². The smallest absolute Gasteiger partial charge is 0.471 e. The Labute approximate surface area is 108 Å². The molecule has 1 aliphatic rings. The number of halogens is 3. The van der Waals surface area contributed by atoms with Crippen LogP contribution in [0.3, 0.4) is 0 Å². The zero-order valence-electron chi connectivity index (χ0n) is 10.2. The van der Waals surface area contributed by atoms with Gasteiger partial charge in [-0.2, -0.15) is 13.2 Å². The average Bonchev–Trinajstić information content (AvgIpc) is 2.36. The van der Waals surface area contributed by atoms with Gasteiger partial charge >= 0.3 is 12.1 Å². The van der Waals surface area contributed by atoms with E-state index in [1.54, 1.807) is 24.3 Å². The first-order chi connectivity index (χ1) is 8.88. The highest BCUT2D eigenvalue weighted by atomic mass is 19.4. The van der Waals surface area contributed by atoms with Crippen molar-refractivity contribution in [1.82, 2.24) is 4.90 Å². The van der Waals surface area contributed by atoms with Gasteiger partial charge in [0.25, 0.3) is 0 Å². The molecule has 0 spiro atoms. The molecule has 0 radical (unpaired) electrons. The van der Waals surface area contributed by atoms with Gasteiger partial charge in [-0.25, -0.2) is 0 Å². The van der Waals surface area contributed by atoms with Gasteiger partial charge in [0, 0.05) is 13.6 Å². The van der Waals surface area contributed by atoms with Crippen LogP contribution in [0.1, 0.15) is 0 Å². The number of hydrogen-bond acceptors (Lipinski definition) is 3. The van der Waals surface area contributed by atoms with Gasteiger partial charge < -0.3 is 15.0 Å². The number of carbonyl (C=O) groups excluding carboxylic acids is 1. The molecule has 4 nitrogen and oxygen atoms in total. The molecule has 7 heteroatoms. The minimum absolute atomic E-state index is 0.0767. The minimum atomic E-state index is -4.85. The summed E-state index contributed by atoms with van der Waals surface area (Å²) in [5.41, 5.74) is 0.714. The lowest BCUT2D eigenvalue weighted by Gasteiger charge is -2.30. The van der Waals surface area contributed by atoms with Gasteiger partial charge in [-0.05, 0) is 12.1 Å². The number of para-hydroxylation sites is 2. The number of nitrogens with one attached hydrogen (secondary N) is 1. The van der Waals surface area contributed by atoms with Gasteiger partial charge in [0.15, 0.2) is 0 Å². The Morgan fingerprint density at radius 2 is 2.16 bits per heavy atom. The number of rotatable bonds is 2. The summed E-state index contributed by atoms with van der Waals surface area (Å²) < 4.78 is 42.2. The minimum Gasteiger partial charge on any atom is -0.489 e. The molecule has 1 unspecified atom stereocenters. The number of anilines is 1. The van der Waals surface area contributed by atoms with Crippen molar-refractivity contribution in [1.29, 1.82) is 0 Å². The molecule has 0 bridgehead atoms. The van der Waals surface area contributed by atoms with Crippen LogP contribution in [0.2, 0.25) is 0 Å². The Bertz CT molecular complexity index is 476. The molecule has 19 heavy (non-hydrogen) atoms. The molecule has 1 amide bonds. The summed E-state index contributed by atoms with van der Waals surface area (Å²) in [5, 5.41) is 3.05. The summed E-state index contributed by atoms with van der Waals surface area (Å²) in [6.07, 6.45) is -4.85. The fraction of sp³-hybridized carbons (Fsp3) is 0.417. The van der Waals surface area contributed by atoms with E-state index in [2.05, 4.69) is 5.32 Å². The lowest BCUT2D eigenvalue weighted by atomic mass is 10.2. The van der Waals surface area contributed by atoms with Crippen LogP contribution < -0.4 is 10.1 Å². The van der Waals surface area contributed by atoms with Crippen LogP contribution in [0.15, 0.2) is 24.3 Å². The molecule has 104 valence electrons. The van der Waals surface area contributed by atoms with Crippen molar-refractivity contribution in [3.05, 3.63) is 24.3 Å². The van der Waals surface area contributed by atoms with Crippen LogP contribution in [-0.4, -0.2) is 43.2 Å². The second kappa shape index (κ2) is 4.99. The number of alkyl halides is 3. The van der Waals surface area contributed by atoms with E-state index in [9.17, 15) is 18.0 Å². The van der Waals surface area contributed by atoms with Gasteiger partial charge in [0.2, 0.25) is 0 Å². The molecule has 0 saturated heterocycles. The van der Waals surface area contributed by atoms with Gasteiger partial charge in [0.1, 0.15) is 12.4 Å². The highest BCUT2D eigenvalue weighted by Gasteiger charge is 2.41. The summed E-state index contributed by atoms with van der Waals surface area (Å²) in [4.78, 5) is 11.7. The largest absolute Gasteiger partial charge is 0.489 e. The van der Waals surface area contributed by atoms with Gasteiger partial charge in [-0.15, -0.1) is 0 Å². The molecule has 1 atom stereocenters. The zero-order valence-corrected chi connectivity index (χ0v) is 10.2. The van der Waals surface area contributed by atoms with Crippen LogP contribution in [0.5, 0.6) is 5.75 Å². The van der Waals surface area contributed by atoms with E-state index < -0.39 is 12.1 Å². The first-order valence-electron chi connectivity index (χ1n) is 5.68. The Balaban J connectivity index is 1.97. The zero-order chi connectivity index (χ0) is 14.0. The molecule has 1 N–H and O–H groups in total. The summed E-state index contributed by atoms with van der Waals surface area (Å²) in [6.45, 7) is 0.138. The SMILES string of the molecule is CN(CC1COc2ccccc2N1)C(=O)C(F)(F)F. The molecular formula is C12H13F3N2O2. The van der Waals surface area contributed by atoms with E-state index in [-0.39, 0.29) is 19.2 Å². The van der Waals surface area contributed by atoms with Crippen molar-refractivity contribution < 1.29 is 22.7 Å². The predicted octanol–water partition coefficient (Wildman–Crippen LogP) is 1.88. The molecule has 1 aromatic carbocycles. The highest BCUT2D eigenvalue weighted by molar-refractivity contribution is 5.81. The van der Waals surface area contributed by atoms with Crippen LogP contribution in [0, 0.1) is 0 Å². The third kappa shape index (κ3) is 3.10. The molecule has 2 rings (SSSR count). The number of amides is 1. The molecule has 0 saturated carbocycles. The quantitative estimate of drug-likeness (QED) is 0.895. The van der Waals surface area contributed by atoms with E-state index in [1.165, 1.54) is 0 Å². The molecule has 0 aliphatic carbocycles. The normalized spacial score (nSPS) is 18.0. The fourth-order valence-corrected chi connectivity index (χ4v) is 1.89. The molecule has 1 aromatic rings. The third-order valence-electron chi connectivity index (χ3n) is 2.77. The first kappa shape index (κ1) is 13.5. The Morgan fingerprint density at radius 1 is 1.47 bits per heavy atom. The summed E-state index contributed by atoms with van der Waals surface area (Å²) in [6, 6.07) is 6.77. The Kier molecular flexibility index (Phi) is 3.55. The number of likely N-dealkylation sites (N-methyl/N-ethyl adjacent to an activating group) is 1. The number of fused-ring (bicyclic) bond motifs is 1. The van der Waals surface area contributed by atoms with Crippen molar-refractivity contribution in [2.24, 2.45) is 0 Å². The van der Waals surface area contributed by atoms with Crippen molar-refractivity contribution >= 4 is 11.6 Å². The van der Waals surface area contributed by atoms with E-state index in [0.717, 1.165) is 7.05 Å². The van der Waals surface area contributed by atoms with E-state index in [4.69, 9.17) is 4.74 Å². The average molecular weight is 274 g/mol. The molecule has 1 heterocycles.